The van der Waals surface area contributed by atoms with Gasteiger partial charge in [0.05, 0.1) is 0 Å². The summed E-state index contributed by atoms with van der Waals surface area (Å²) in [5.41, 5.74) is 0. The summed E-state index contributed by atoms with van der Waals surface area (Å²) in [6, 6.07) is 1.09. The normalized spacial score (nSPS) is 30.9. The molecule has 0 bridgehead atoms. The highest BCUT2D eigenvalue weighted by Crippen LogP contribution is 2.35. The summed E-state index contributed by atoms with van der Waals surface area (Å²) in [6.07, 6.45) is 9.35. The van der Waals surface area contributed by atoms with Gasteiger partial charge in [0, 0.05) is 18.7 Å². The molecule has 1 amide bonds. The largest absolute Gasteiger partial charge is 0.368 e. The quantitative estimate of drug-likeness (QED) is 0.733. The molecule has 0 N–H and O–H groups in total. The zero-order valence-electron chi connectivity index (χ0n) is 9.86. The van der Waals surface area contributed by atoms with Crippen molar-refractivity contribution in [2.45, 2.75) is 69.6 Å². The third-order valence-corrected chi connectivity index (χ3v) is 4.12. The van der Waals surface area contributed by atoms with Gasteiger partial charge in [0.2, 0.25) is 0 Å². The average molecular weight is 223 g/mol. The summed E-state index contributed by atoms with van der Waals surface area (Å²) < 4.78 is 5.54. The van der Waals surface area contributed by atoms with Crippen LogP contribution in [0.4, 0.5) is 0 Å². The lowest BCUT2D eigenvalue weighted by molar-refractivity contribution is -0.144. The van der Waals surface area contributed by atoms with Crippen molar-refractivity contribution in [3.05, 3.63) is 0 Å². The van der Waals surface area contributed by atoms with E-state index in [0.29, 0.717) is 18.0 Å². The van der Waals surface area contributed by atoms with Crippen LogP contribution in [-0.2, 0) is 9.53 Å². The number of carbonyl (C=O) groups is 1. The van der Waals surface area contributed by atoms with Crippen LogP contribution in [0.3, 0.4) is 0 Å². The fourth-order valence-electron chi connectivity index (χ4n) is 3.13. The monoisotopic (exact) mass is 223 g/mol. The zero-order valence-corrected chi connectivity index (χ0v) is 9.86. The van der Waals surface area contributed by atoms with E-state index in [1.165, 1.54) is 38.5 Å². The van der Waals surface area contributed by atoms with E-state index in [1.807, 2.05) is 0 Å². The number of ether oxygens (including phenoxy) is 1. The molecule has 3 nitrogen and oxygen atoms in total. The minimum absolute atomic E-state index is 0.110. The first-order valence-electron chi connectivity index (χ1n) is 6.80. The predicted octanol–water partition coefficient (Wildman–Crippen LogP) is 2.10. The first-order chi connectivity index (χ1) is 7.86. The molecule has 1 aliphatic heterocycles. The second-order valence-corrected chi connectivity index (χ2v) is 5.42. The van der Waals surface area contributed by atoms with Gasteiger partial charge in [-0.1, -0.05) is 12.8 Å². The number of rotatable bonds is 3. The number of nitrogens with zero attached hydrogens (tertiary/aromatic N) is 1. The average Bonchev–Trinajstić information content (AvgIpc) is 2.83. The summed E-state index contributed by atoms with van der Waals surface area (Å²) in [4.78, 5) is 14.6. The van der Waals surface area contributed by atoms with E-state index in [9.17, 15) is 4.79 Å². The van der Waals surface area contributed by atoms with Gasteiger partial charge in [0.1, 0.15) is 6.10 Å². The maximum absolute atomic E-state index is 12.4. The van der Waals surface area contributed by atoms with Crippen LogP contribution in [0, 0.1) is 0 Å². The molecule has 1 heterocycles. The van der Waals surface area contributed by atoms with E-state index in [4.69, 9.17) is 4.74 Å². The summed E-state index contributed by atoms with van der Waals surface area (Å²) in [6.45, 7) is 0.777. The van der Waals surface area contributed by atoms with Gasteiger partial charge >= 0.3 is 0 Å². The van der Waals surface area contributed by atoms with E-state index in [2.05, 4.69) is 4.90 Å². The van der Waals surface area contributed by atoms with Crippen LogP contribution in [0.5, 0.6) is 0 Å². The molecular weight excluding hydrogens is 202 g/mol. The van der Waals surface area contributed by atoms with E-state index >= 15 is 0 Å². The summed E-state index contributed by atoms with van der Waals surface area (Å²) in [5.74, 6) is 0.298. The lowest BCUT2D eigenvalue weighted by Crippen LogP contribution is -2.45. The third kappa shape index (κ3) is 1.97. The molecule has 1 atom stereocenters. The minimum atomic E-state index is -0.110. The molecule has 1 saturated heterocycles. The Morgan fingerprint density at radius 2 is 1.62 bits per heavy atom. The van der Waals surface area contributed by atoms with Crippen molar-refractivity contribution >= 4 is 5.91 Å². The molecule has 3 fully saturated rings. The Kier molecular flexibility index (Phi) is 2.88. The number of hydrogen-bond donors (Lipinski definition) is 0. The number of amides is 1. The summed E-state index contributed by atoms with van der Waals surface area (Å²) in [7, 11) is 0. The van der Waals surface area contributed by atoms with Gasteiger partial charge in [-0.15, -0.1) is 0 Å². The molecule has 3 aliphatic rings. The van der Waals surface area contributed by atoms with Crippen molar-refractivity contribution in [3.8, 4) is 0 Å². The van der Waals surface area contributed by atoms with Gasteiger partial charge in [-0.2, -0.15) is 0 Å². The van der Waals surface area contributed by atoms with Crippen LogP contribution in [0.1, 0.15) is 51.4 Å². The van der Waals surface area contributed by atoms with Crippen LogP contribution in [0.25, 0.3) is 0 Å². The second-order valence-electron chi connectivity index (χ2n) is 5.42. The van der Waals surface area contributed by atoms with E-state index in [1.54, 1.807) is 0 Å². The molecule has 1 unspecified atom stereocenters. The third-order valence-electron chi connectivity index (χ3n) is 4.12. The number of hydrogen-bond acceptors (Lipinski definition) is 2. The van der Waals surface area contributed by atoms with Crippen LogP contribution in [-0.4, -0.2) is 35.6 Å². The molecule has 3 heteroatoms. The molecule has 0 spiro atoms. The smallest absolute Gasteiger partial charge is 0.252 e. The highest BCUT2D eigenvalue weighted by atomic mass is 16.5. The van der Waals surface area contributed by atoms with Crippen molar-refractivity contribution in [2.75, 3.05) is 6.61 Å². The van der Waals surface area contributed by atoms with Crippen molar-refractivity contribution in [2.24, 2.45) is 0 Å². The van der Waals surface area contributed by atoms with Crippen LogP contribution >= 0.6 is 0 Å². The lowest BCUT2D eigenvalue weighted by Gasteiger charge is -2.31. The Morgan fingerprint density at radius 1 is 0.938 bits per heavy atom. The maximum Gasteiger partial charge on any atom is 0.252 e. The Morgan fingerprint density at radius 3 is 2.19 bits per heavy atom. The fraction of sp³-hybridized carbons (Fsp3) is 0.923. The summed E-state index contributed by atoms with van der Waals surface area (Å²) in [5, 5.41) is 0. The van der Waals surface area contributed by atoms with Crippen LogP contribution in [0.2, 0.25) is 0 Å². The van der Waals surface area contributed by atoms with Gasteiger partial charge in [-0.05, 0) is 38.5 Å². The number of carbonyl (C=O) groups excluding carboxylic acids is 1. The first kappa shape index (κ1) is 10.6. The van der Waals surface area contributed by atoms with Gasteiger partial charge in [-0.25, -0.2) is 0 Å². The predicted molar refractivity (Wildman–Crippen MR) is 61.1 cm³/mol. The molecule has 90 valence electrons. The van der Waals surface area contributed by atoms with Crippen molar-refractivity contribution in [1.29, 1.82) is 0 Å². The van der Waals surface area contributed by atoms with Crippen molar-refractivity contribution < 1.29 is 9.53 Å². The van der Waals surface area contributed by atoms with Gasteiger partial charge in [-0.3, -0.25) is 4.79 Å². The van der Waals surface area contributed by atoms with Crippen LogP contribution in [0.15, 0.2) is 0 Å². The fourth-order valence-corrected chi connectivity index (χ4v) is 3.13. The topological polar surface area (TPSA) is 29.5 Å². The highest BCUT2D eigenvalue weighted by molar-refractivity contribution is 5.82. The molecule has 0 radical (unpaired) electrons. The van der Waals surface area contributed by atoms with Crippen LogP contribution < -0.4 is 0 Å². The SMILES string of the molecule is O=C(C1CCCO1)N(C1CCCC1)C1CC1. The minimum Gasteiger partial charge on any atom is -0.368 e. The maximum atomic E-state index is 12.4. The van der Waals surface area contributed by atoms with E-state index in [-0.39, 0.29) is 6.10 Å². The molecule has 0 aromatic carbocycles. The van der Waals surface area contributed by atoms with Crippen molar-refractivity contribution in [1.82, 2.24) is 4.90 Å². The van der Waals surface area contributed by atoms with Gasteiger partial charge in [0.15, 0.2) is 0 Å². The Balaban J connectivity index is 1.68. The molecule has 2 saturated carbocycles. The zero-order chi connectivity index (χ0) is 11.0. The Hall–Kier alpha value is -0.570. The second kappa shape index (κ2) is 4.36. The standard InChI is InChI=1S/C13H21NO2/c15-13(12-6-3-9-16-12)14(11-7-8-11)10-4-1-2-5-10/h10-12H,1-9H2. The van der Waals surface area contributed by atoms with E-state index in [0.717, 1.165) is 19.4 Å². The molecule has 16 heavy (non-hydrogen) atoms. The molecule has 2 aliphatic carbocycles. The molecular formula is C13H21NO2. The highest BCUT2D eigenvalue weighted by Gasteiger charge is 2.41. The van der Waals surface area contributed by atoms with E-state index < -0.39 is 0 Å². The Labute approximate surface area is 97.1 Å². The Bertz CT molecular complexity index is 263. The van der Waals surface area contributed by atoms with Gasteiger partial charge < -0.3 is 9.64 Å². The molecule has 3 rings (SSSR count). The lowest BCUT2D eigenvalue weighted by atomic mass is 10.1. The molecule has 0 aromatic rings. The summed E-state index contributed by atoms with van der Waals surface area (Å²) >= 11 is 0. The van der Waals surface area contributed by atoms with Crippen molar-refractivity contribution in [3.63, 3.8) is 0 Å². The first-order valence-corrected chi connectivity index (χ1v) is 6.80. The van der Waals surface area contributed by atoms with Gasteiger partial charge in [0.25, 0.3) is 5.91 Å². The molecule has 0 aromatic heterocycles.